The second-order valence-electron chi connectivity index (χ2n) is 7.83. The fraction of sp³-hybridized carbons (Fsp3) is 0.200. The molecular formula is C25H23N3O2. The first kappa shape index (κ1) is 18.4. The summed E-state index contributed by atoms with van der Waals surface area (Å²) in [6.45, 7) is 1.43. The van der Waals surface area contributed by atoms with Gasteiger partial charge in [-0.15, -0.1) is 0 Å². The molecule has 150 valence electrons. The molecule has 2 N–H and O–H groups in total. The Morgan fingerprint density at radius 1 is 0.933 bits per heavy atom. The predicted octanol–water partition coefficient (Wildman–Crippen LogP) is 4.96. The van der Waals surface area contributed by atoms with Crippen LogP contribution < -0.4 is 0 Å². The quantitative estimate of drug-likeness (QED) is 0.514. The summed E-state index contributed by atoms with van der Waals surface area (Å²) >= 11 is 0. The maximum atomic E-state index is 12.9. The van der Waals surface area contributed by atoms with E-state index in [0.717, 1.165) is 46.4 Å². The molecule has 0 unspecified atom stereocenters. The van der Waals surface area contributed by atoms with E-state index in [2.05, 4.69) is 22.1 Å². The van der Waals surface area contributed by atoms with E-state index in [1.54, 1.807) is 12.1 Å². The number of H-pyrrole nitrogens is 1. The number of phenols is 1. The van der Waals surface area contributed by atoms with E-state index in [1.807, 2.05) is 53.4 Å². The summed E-state index contributed by atoms with van der Waals surface area (Å²) in [5.41, 5.74) is 4.70. The summed E-state index contributed by atoms with van der Waals surface area (Å²) in [5, 5.41) is 9.64. The minimum atomic E-state index is 0.0857. The Labute approximate surface area is 175 Å². The van der Waals surface area contributed by atoms with Gasteiger partial charge in [-0.25, -0.2) is 4.98 Å². The van der Waals surface area contributed by atoms with E-state index in [9.17, 15) is 9.90 Å². The Bertz CT molecular complexity index is 1170. The van der Waals surface area contributed by atoms with Crippen LogP contribution in [0.5, 0.6) is 5.75 Å². The molecule has 1 saturated heterocycles. The van der Waals surface area contributed by atoms with Crippen LogP contribution in [0.4, 0.5) is 0 Å². The van der Waals surface area contributed by atoms with Gasteiger partial charge in [0.15, 0.2) is 0 Å². The van der Waals surface area contributed by atoms with Crippen LogP contribution in [-0.2, 0) is 0 Å². The normalized spacial score (nSPS) is 14.9. The number of carbonyl (C=O) groups is 1. The molecule has 1 fully saturated rings. The number of aromatic hydroxyl groups is 1. The Morgan fingerprint density at radius 3 is 2.37 bits per heavy atom. The SMILES string of the molecule is O=C(c1ccc(-c2ccccc2)cc1)N1CCC(c2nc3cc(O)ccc3[nH]2)CC1. The first-order valence-electron chi connectivity index (χ1n) is 10.3. The summed E-state index contributed by atoms with van der Waals surface area (Å²) < 4.78 is 0. The molecule has 0 aliphatic carbocycles. The standard InChI is InChI=1S/C25H23N3O2/c29-21-10-11-22-23(16-21)27-24(26-22)19-12-14-28(15-13-19)25(30)20-8-6-18(7-9-20)17-4-2-1-3-5-17/h1-11,16,19,29H,12-15H2,(H,26,27). The topological polar surface area (TPSA) is 69.2 Å². The van der Waals surface area contributed by atoms with E-state index < -0.39 is 0 Å². The molecule has 5 nitrogen and oxygen atoms in total. The van der Waals surface area contributed by atoms with E-state index in [-0.39, 0.29) is 11.7 Å². The Morgan fingerprint density at radius 2 is 1.63 bits per heavy atom. The fourth-order valence-electron chi connectivity index (χ4n) is 4.18. The summed E-state index contributed by atoms with van der Waals surface area (Å²) in [6.07, 6.45) is 1.75. The van der Waals surface area contributed by atoms with Crippen molar-refractivity contribution in [3.8, 4) is 16.9 Å². The van der Waals surface area contributed by atoms with Crippen molar-refractivity contribution >= 4 is 16.9 Å². The number of piperidine rings is 1. The van der Waals surface area contributed by atoms with Crippen LogP contribution in [0.25, 0.3) is 22.2 Å². The molecular weight excluding hydrogens is 374 g/mol. The number of hydrogen-bond acceptors (Lipinski definition) is 3. The monoisotopic (exact) mass is 397 g/mol. The Kier molecular flexibility index (Phi) is 4.71. The summed E-state index contributed by atoms with van der Waals surface area (Å²) in [5.74, 6) is 1.54. The first-order valence-corrected chi connectivity index (χ1v) is 10.3. The van der Waals surface area contributed by atoms with Crippen molar-refractivity contribution in [2.75, 3.05) is 13.1 Å². The van der Waals surface area contributed by atoms with Gasteiger partial charge in [0, 0.05) is 30.6 Å². The van der Waals surface area contributed by atoms with Crippen molar-refractivity contribution < 1.29 is 9.90 Å². The lowest BCUT2D eigenvalue weighted by Crippen LogP contribution is -2.38. The zero-order valence-corrected chi connectivity index (χ0v) is 16.6. The number of benzene rings is 3. The van der Waals surface area contributed by atoms with Gasteiger partial charge in [-0.3, -0.25) is 4.79 Å². The molecule has 0 bridgehead atoms. The van der Waals surface area contributed by atoms with Crippen molar-refractivity contribution in [1.82, 2.24) is 14.9 Å². The number of hydrogen-bond donors (Lipinski definition) is 2. The largest absolute Gasteiger partial charge is 0.508 e. The van der Waals surface area contributed by atoms with Crippen LogP contribution in [0, 0.1) is 0 Å². The van der Waals surface area contributed by atoms with Gasteiger partial charge in [0.2, 0.25) is 0 Å². The second kappa shape index (κ2) is 7.67. The number of nitrogens with one attached hydrogen (secondary N) is 1. The first-order chi connectivity index (χ1) is 14.7. The molecule has 3 aromatic carbocycles. The molecule has 1 aromatic heterocycles. The van der Waals surface area contributed by atoms with Crippen LogP contribution in [0.15, 0.2) is 72.8 Å². The highest BCUT2D eigenvalue weighted by Gasteiger charge is 2.26. The van der Waals surface area contributed by atoms with Gasteiger partial charge in [-0.1, -0.05) is 42.5 Å². The molecule has 4 aromatic rings. The molecule has 1 aliphatic heterocycles. The van der Waals surface area contributed by atoms with Gasteiger partial charge in [0.05, 0.1) is 11.0 Å². The molecule has 5 rings (SSSR count). The van der Waals surface area contributed by atoms with E-state index in [1.165, 1.54) is 0 Å². The molecule has 0 radical (unpaired) electrons. The average Bonchev–Trinajstić information content (AvgIpc) is 3.23. The number of phenolic OH excluding ortho intramolecular Hbond substituents is 1. The van der Waals surface area contributed by atoms with Gasteiger partial charge in [-0.05, 0) is 48.2 Å². The number of aromatic amines is 1. The van der Waals surface area contributed by atoms with Gasteiger partial charge < -0.3 is 15.0 Å². The zero-order chi connectivity index (χ0) is 20.5. The third-order valence-electron chi connectivity index (χ3n) is 5.89. The van der Waals surface area contributed by atoms with Gasteiger partial charge >= 0.3 is 0 Å². The minimum Gasteiger partial charge on any atom is -0.508 e. The van der Waals surface area contributed by atoms with Crippen molar-refractivity contribution in [1.29, 1.82) is 0 Å². The smallest absolute Gasteiger partial charge is 0.253 e. The molecule has 1 aliphatic rings. The molecule has 2 heterocycles. The molecule has 0 spiro atoms. The third kappa shape index (κ3) is 3.54. The van der Waals surface area contributed by atoms with Crippen LogP contribution in [-0.4, -0.2) is 39.0 Å². The maximum Gasteiger partial charge on any atom is 0.253 e. The second-order valence-corrected chi connectivity index (χ2v) is 7.83. The highest BCUT2D eigenvalue weighted by atomic mass is 16.3. The maximum absolute atomic E-state index is 12.9. The van der Waals surface area contributed by atoms with E-state index >= 15 is 0 Å². The molecule has 1 amide bonds. The number of likely N-dealkylation sites (tertiary alicyclic amines) is 1. The van der Waals surface area contributed by atoms with Gasteiger partial charge in [0.25, 0.3) is 5.91 Å². The number of imidazole rings is 1. The summed E-state index contributed by atoms with van der Waals surface area (Å²) in [6, 6.07) is 23.2. The van der Waals surface area contributed by atoms with Crippen LogP contribution in [0.3, 0.4) is 0 Å². The van der Waals surface area contributed by atoms with Crippen LogP contribution in [0.2, 0.25) is 0 Å². The summed E-state index contributed by atoms with van der Waals surface area (Å²) in [4.78, 5) is 22.9. The van der Waals surface area contributed by atoms with Crippen LogP contribution in [0.1, 0.15) is 34.9 Å². The minimum absolute atomic E-state index is 0.0857. The third-order valence-corrected chi connectivity index (χ3v) is 5.89. The average molecular weight is 397 g/mol. The lowest BCUT2D eigenvalue weighted by atomic mass is 9.95. The molecule has 0 saturated carbocycles. The van der Waals surface area contributed by atoms with Gasteiger partial charge in [-0.2, -0.15) is 0 Å². The van der Waals surface area contributed by atoms with Gasteiger partial charge in [0.1, 0.15) is 11.6 Å². The number of amides is 1. The van der Waals surface area contributed by atoms with Crippen molar-refractivity contribution in [2.45, 2.75) is 18.8 Å². The zero-order valence-electron chi connectivity index (χ0n) is 16.6. The van der Waals surface area contributed by atoms with Crippen molar-refractivity contribution in [3.63, 3.8) is 0 Å². The van der Waals surface area contributed by atoms with E-state index in [0.29, 0.717) is 19.0 Å². The number of aromatic nitrogens is 2. The van der Waals surface area contributed by atoms with Crippen molar-refractivity contribution in [2.24, 2.45) is 0 Å². The Hall–Kier alpha value is -3.60. The highest BCUT2D eigenvalue weighted by Crippen LogP contribution is 2.29. The van der Waals surface area contributed by atoms with Crippen molar-refractivity contribution in [3.05, 3.63) is 84.2 Å². The number of nitrogens with zero attached hydrogens (tertiary/aromatic N) is 2. The summed E-state index contributed by atoms with van der Waals surface area (Å²) in [7, 11) is 0. The Balaban J connectivity index is 1.25. The fourth-order valence-corrected chi connectivity index (χ4v) is 4.18. The molecule has 5 heteroatoms. The highest BCUT2D eigenvalue weighted by molar-refractivity contribution is 5.94. The number of fused-ring (bicyclic) bond motifs is 1. The van der Waals surface area contributed by atoms with Crippen LogP contribution >= 0.6 is 0 Å². The molecule has 30 heavy (non-hydrogen) atoms. The molecule has 0 atom stereocenters. The number of rotatable bonds is 3. The lowest BCUT2D eigenvalue weighted by Gasteiger charge is -2.31. The lowest BCUT2D eigenvalue weighted by molar-refractivity contribution is 0.0711. The van der Waals surface area contributed by atoms with E-state index in [4.69, 9.17) is 0 Å². The number of carbonyl (C=O) groups excluding carboxylic acids is 1. The predicted molar refractivity (Wildman–Crippen MR) is 118 cm³/mol.